The maximum Gasteiger partial charge on any atom is 1.00 e. The minimum absolute atomic E-state index is 0. The van der Waals surface area contributed by atoms with Crippen LogP contribution in [0.2, 0.25) is 0 Å². The van der Waals surface area contributed by atoms with Crippen molar-refractivity contribution in [2.45, 2.75) is 151 Å². The quantitative estimate of drug-likeness (QED) is 0.0163. The molecule has 0 radical (unpaired) electrons. The van der Waals surface area contributed by atoms with E-state index in [0.29, 0.717) is 38.5 Å². The molecule has 0 heterocycles. The summed E-state index contributed by atoms with van der Waals surface area (Å²) < 4.78 is 133. The topological polar surface area (TPSA) is 344 Å². The van der Waals surface area contributed by atoms with Crippen molar-refractivity contribution in [3.05, 3.63) is 179 Å². The molecule has 0 aliphatic rings. The molecular formula is C60H78K3O18P3S3. The molecule has 6 N–H and O–H groups in total. The number of benzene rings is 6. The maximum atomic E-state index is 11.2. The second-order valence-electron chi connectivity index (χ2n) is 20.8. The van der Waals surface area contributed by atoms with Gasteiger partial charge in [-0.15, -0.1) is 0 Å². The molecule has 0 saturated carbocycles. The van der Waals surface area contributed by atoms with Crippen LogP contribution in [0.1, 0.15) is 131 Å². The first-order valence-electron chi connectivity index (χ1n) is 27.9. The van der Waals surface area contributed by atoms with Gasteiger partial charge in [-0.25, -0.2) is 25.3 Å². The van der Waals surface area contributed by atoms with Crippen molar-refractivity contribution in [3.8, 4) is 33.4 Å². The van der Waals surface area contributed by atoms with E-state index in [1.165, 1.54) is 16.7 Å². The van der Waals surface area contributed by atoms with Crippen LogP contribution in [0.4, 0.5) is 0 Å². The second kappa shape index (κ2) is 41.4. The zero-order valence-electron chi connectivity index (χ0n) is 50.5. The Balaban J connectivity index is 0.000000641. The van der Waals surface area contributed by atoms with Crippen molar-refractivity contribution in [1.82, 2.24) is 0 Å². The van der Waals surface area contributed by atoms with Gasteiger partial charge in [0.15, 0.2) is 15.0 Å². The van der Waals surface area contributed by atoms with Crippen molar-refractivity contribution in [2.75, 3.05) is 0 Å². The summed E-state index contributed by atoms with van der Waals surface area (Å²) in [6.07, 6.45) is 9.82. The molecule has 27 heteroatoms. The van der Waals surface area contributed by atoms with Crippen LogP contribution in [0, 0.1) is 0 Å². The van der Waals surface area contributed by atoms with Gasteiger partial charge in [0.25, 0.3) is 0 Å². The number of aryl methyl sites for hydroxylation is 6. The predicted octanol–water partition coefficient (Wildman–Crippen LogP) is 3.22. The number of hydrogen-bond donors (Lipinski definition) is 6. The van der Waals surface area contributed by atoms with E-state index >= 15 is 0 Å². The van der Waals surface area contributed by atoms with Crippen molar-refractivity contribution in [2.24, 2.45) is 0 Å². The molecule has 0 spiro atoms. The van der Waals surface area contributed by atoms with Crippen molar-refractivity contribution in [1.29, 1.82) is 0 Å². The minimum Gasteiger partial charge on any atom is -0.747 e. The summed E-state index contributed by atoms with van der Waals surface area (Å²) >= 11 is 0. The van der Waals surface area contributed by atoms with E-state index in [1.807, 2.05) is 72.8 Å². The van der Waals surface area contributed by atoms with Crippen LogP contribution < -0.4 is 154 Å². The molecule has 6 rings (SSSR count). The first-order chi connectivity index (χ1) is 39.3. The van der Waals surface area contributed by atoms with Crippen LogP contribution in [0.5, 0.6) is 0 Å². The van der Waals surface area contributed by atoms with Crippen LogP contribution in [-0.4, -0.2) is 83.2 Å². The number of unbranched alkanes of at least 4 members (excludes halogenated alkanes) is 3. The Bertz CT molecular complexity index is 3090. The monoisotopic (exact) mass is 1390 g/mol. The average Bonchev–Trinajstić information content (AvgIpc) is 3.01. The predicted molar refractivity (Wildman–Crippen MR) is 327 cm³/mol. The SMILES string of the molecule is CCCc1ccc(-c2ccc(CCCCC(P(=O)(O)O)S(=O)(=O)[O-])cc2)cc1.CCCc1ccc(-c2ccc(CCCCC(P(=O)(O)O)S(=O)(=O)[O-])cc2)cc1.CCCc1ccc(-c2ccc(CCCCC(P(=O)(O)O)S(=O)(=O)[O-])cc2)cc1.[K+].[K+].[K+]. The van der Waals surface area contributed by atoms with Crippen molar-refractivity contribution in [3.63, 3.8) is 0 Å². The normalized spacial score (nSPS) is 13.0. The van der Waals surface area contributed by atoms with E-state index in [2.05, 4.69) is 93.6 Å². The molecule has 6 aromatic rings. The van der Waals surface area contributed by atoms with Gasteiger partial charge in [-0.1, -0.05) is 205 Å². The van der Waals surface area contributed by atoms with Crippen LogP contribution in [0.25, 0.3) is 33.4 Å². The molecule has 462 valence electrons. The Kier molecular flexibility index (Phi) is 40.6. The van der Waals surface area contributed by atoms with E-state index in [0.717, 1.165) is 88.6 Å². The molecule has 6 aromatic carbocycles. The molecule has 0 saturated heterocycles. The molecule has 87 heavy (non-hydrogen) atoms. The third-order valence-corrected chi connectivity index (χ3v) is 24.5. The zero-order chi connectivity index (χ0) is 62.4. The molecule has 3 unspecified atom stereocenters. The summed E-state index contributed by atoms with van der Waals surface area (Å²) in [5.74, 6) is 0. The average molecular weight is 1390 g/mol. The zero-order valence-corrected chi connectivity index (χ0v) is 65.0. The first-order valence-corrected chi connectivity index (χ1v) is 37.3. The van der Waals surface area contributed by atoms with E-state index in [1.54, 1.807) is 0 Å². The molecule has 0 aromatic heterocycles. The Morgan fingerprint density at radius 2 is 0.448 bits per heavy atom. The molecule has 0 fully saturated rings. The largest absolute Gasteiger partial charge is 1.00 e. The van der Waals surface area contributed by atoms with Gasteiger partial charge in [-0.3, -0.25) is 13.7 Å². The summed E-state index contributed by atoms with van der Waals surface area (Å²) in [6, 6.07) is 49.4. The minimum atomic E-state index is -5.02. The number of hydrogen-bond acceptors (Lipinski definition) is 12. The van der Waals surface area contributed by atoms with Gasteiger partial charge >= 0.3 is 177 Å². The summed E-state index contributed by atoms with van der Waals surface area (Å²) in [4.78, 5) is 47.8. The molecular weight excluding hydrogens is 1320 g/mol. The van der Waals surface area contributed by atoms with E-state index in [-0.39, 0.29) is 193 Å². The molecule has 0 bridgehead atoms. The Morgan fingerprint density at radius 3 is 0.575 bits per heavy atom. The Labute approximate surface area is 642 Å². The van der Waals surface area contributed by atoms with Gasteiger partial charge in [0.2, 0.25) is 0 Å². The molecule has 18 nitrogen and oxygen atoms in total. The summed E-state index contributed by atoms with van der Waals surface area (Å²) in [5, 5.41) is 0. The van der Waals surface area contributed by atoms with Gasteiger partial charge in [-0.2, -0.15) is 0 Å². The van der Waals surface area contributed by atoms with Crippen LogP contribution >= 0.6 is 22.8 Å². The third kappa shape index (κ3) is 32.1. The van der Waals surface area contributed by atoms with E-state index in [4.69, 9.17) is 29.4 Å². The van der Waals surface area contributed by atoms with Gasteiger partial charge in [0, 0.05) is 0 Å². The van der Waals surface area contributed by atoms with Crippen LogP contribution in [0.3, 0.4) is 0 Å². The molecule has 0 aliphatic heterocycles. The fourth-order valence-corrected chi connectivity index (χ4v) is 16.4. The van der Waals surface area contributed by atoms with E-state index in [9.17, 15) is 52.6 Å². The summed E-state index contributed by atoms with van der Waals surface area (Å²) in [6.45, 7) is 6.45. The standard InChI is InChI=1S/3C20H27O6PS.3K/c3*1-2-5-16-8-12-18(13-9-16)19-14-10-17(11-15-19)6-3-4-7-20(27(21,22)23)28(24,25)26;;;/h3*8-15,20H,2-7H2,1H3,(H2,21,22,23)(H,24,25,26);;;/q;;;3*+1/p-3. The fourth-order valence-electron chi connectivity index (χ4n) is 9.44. The van der Waals surface area contributed by atoms with Crippen LogP contribution in [-0.2, 0) is 82.6 Å². The molecule has 0 amide bonds. The van der Waals surface area contributed by atoms with Crippen LogP contribution in [0.15, 0.2) is 146 Å². The van der Waals surface area contributed by atoms with Crippen molar-refractivity contribution < 1.29 is 236 Å². The van der Waals surface area contributed by atoms with Gasteiger partial charge in [0.1, 0.15) is 30.4 Å². The summed E-state index contributed by atoms with van der Waals surface area (Å²) in [7, 11) is -29.9. The Morgan fingerprint density at radius 1 is 0.299 bits per heavy atom. The molecule has 0 aliphatic carbocycles. The second-order valence-corrected chi connectivity index (χ2v) is 31.9. The van der Waals surface area contributed by atoms with Gasteiger partial charge < -0.3 is 43.0 Å². The summed E-state index contributed by atoms with van der Waals surface area (Å²) in [5.41, 5.74) is 13.8. The third-order valence-electron chi connectivity index (χ3n) is 14.0. The molecule has 3 atom stereocenters. The van der Waals surface area contributed by atoms with Gasteiger partial charge in [0.05, 0.1) is 0 Å². The Hall–Kier alpha value is 0.409. The van der Waals surface area contributed by atoms with E-state index < -0.39 is 68.1 Å². The smallest absolute Gasteiger partial charge is 0.747 e. The fraction of sp³-hybridized carbons (Fsp3) is 0.400. The maximum absolute atomic E-state index is 11.2. The van der Waals surface area contributed by atoms with Gasteiger partial charge in [-0.05, 0) is 144 Å². The van der Waals surface area contributed by atoms with Crippen molar-refractivity contribution >= 4 is 53.1 Å². The first kappa shape index (κ1) is 85.4. The number of rotatable bonds is 30.